The number of carbonyl (C=O) groups is 1. The quantitative estimate of drug-likeness (QED) is 0.662. The van der Waals surface area contributed by atoms with Crippen molar-refractivity contribution in [3.05, 3.63) is 53.9 Å². The van der Waals surface area contributed by atoms with E-state index in [1.54, 1.807) is 18.5 Å². The van der Waals surface area contributed by atoms with Gasteiger partial charge >= 0.3 is 6.09 Å². The van der Waals surface area contributed by atoms with Crippen molar-refractivity contribution >= 4 is 22.2 Å². The smallest absolute Gasteiger partial charge is 0.410 e. The summed E-state index contributed by atoms with van der Waals surface area (Å²) in [6.45, 7) is 3.17. The third kappa shape index (κ3) is 9.71. The van der Waals surface area contributed by atoms with E-state index in [0.29, 0.717) is 31.7 Å². The Bertz CT molecular complexity index is 920. The molecule has 9 nitrogen and oxygen atoms in total. The molecular weight excluding hydrogens is 427 g/mol. The Labute approximate surface area is 181 Å². The molecule has 31 heavy (non-hydrogen) atoms. The Hall–Kier alpha value is -2.79. The van der Waals surface area contributed by atoms with E-state index in [2.05, 4.69) is 15.3 Å². The maximum atomic E-state index is 14.4. The van der Waals surface area contributed by atoms with Crippen LogP contribution in [0.25, 0.3) is 0 Å². The first kappa shape index (κ1) is 24.5. The molecule has 11 heteroatoms. The van der Waals surface area contributed by atoms with Crippen molar-refractivity contribution in [1.82, 2.24) is 14.9 Å². The second-order valence-electron chi connectivity index (χ2n) is 7.24. The van der Waals surface area contributed by atoms with Crippen LogP contribution in [0.2, 0.25) is 0 Å². The molecule has 170 valence electrons. The van der Waals surface area contributed by atoms with Crippen LogP contribution in [0, 0.1) is 12.8 Å². The van der Waals surface area contributed by atoms with Crippen LogP contribution in [0.15, 0.2) is 42.7 Å². The van der Waals surface area contributed by atoms with Gasteiger partial charge in [0.05, 0.1) is 12.8 Å². The number of rotatable bonds is 5. The van der Waals surface area contributed by atoms with Crippen molar-refractivity contribution in [3.63, 3.8) is 0 Å². The minimum atomic E-state index is -3.67. The summed E-state index contributed by atoms with van der Waals surface area (Å²) >= 11 is 0. The highest BCUT2D eigenvalue weighted by atomic mass is 32.2. The van der Waals surface area contributed by atoms with Crippen molar-refractivity contribution in [3.8, 4) is 0 Å². The Morgan fingerprint density at radius 1 is 1.29 bits per heavy atom. The molecule has 0 aliphatic carbocycles. The maximum Gasteiger partial charge on any atom is 0.410 e. The molecule has 0 saturated carbocycles. The summed E-state index contributed by atoms with van der Waals surface area (Å²) in [5.41, 5.74) is 2.07. The van der Waals surface area contributed by atoms with Gasteiger partial charge < -0.3 is 15.0 Å². The number of nitrogens with one attached hydrogen (secondary N) is 1. The molecule has 1 aromatic heterocycles. The molecule has 0 spiro atoms. The number of nitrogens with zero attached hydrogens (tertiary/aromatic N) is 3. The van der Waals surface area contributed by atoms with Gasteiger partial charge in [-0.15, -0.1) is 0 Å². The van der Waals surface area contributed by atoms with Crippen LogP contribution in [-0.2, 0) is 21.5 Å². The summed E-state index contributed by atoms with van der Waals surface area (Å²) in [4.78, 5) is 21.7. The first-order valence-electron chi connectivity index (χ1n) is 9.66. The number of piperidine rings is 1. The van der Waals surface area contributed by atoms with E-state index in [1.807, 2.05) is 31.2 Å². The minimum Gasteiger partial charge on any atom is -0.445 e. The van der Waals surface area contributed by atoms with E-state index < -0.39 is 22.4 Å². The second kappa shape index (κ2) is 11.6. The zero-order valence-corrected chi connectivity index (χ0v) is 18.3. The van der Waals surface area contributed by atoms with Gasteiger partial charge in [0.1, 0.15) is 12.8 Å². The van der Waals surface area contributed by atoms with Gasteiger partial charge in [-0.3, -0.25) is 4.55 Å². The molecule has 3 rings (SSSR count). The molecule has 1 aliphatic rings. The molecule has 2 atom stereocenters. The summed E-state index contributed by atoms with van der Waals surface area (Å²) in [6, 6.07) is 9.50. The first-order chi connectivity index (χ1) is 14.6. The number of benzene rings is 1. The second-order valence-corrected chi connectivity index (χ2v) is 8.70. The average molecular weight is 455 g/mol. The highest BCUT2D eigenvalue weighted by Gasteiger charge is 2.32. The lowest BCUT2D eigenvalue weighted by Gasteiger charge is -2.34. The fourth-order valence-electron chi connectivity index (χ4n) is 2.88. The Balaban J connectivity index is 0.000000614. The molecule has 2 N–H and O–H groups in total. The molecule has 0 radical (unpaired) electrons. The summed E-state index contributed by atoms with van der Waals surface area (Å²) in [5, 5.41) is 3.04. The third-order valence-electron chi connectivity index (χ3n) is 4.51. The summed E-state index contributed by atoms with van der Waals surface area (Å²) in [5.74, 6) is 0.305. The lowest BCUT2D eigenvalue weighted by Crippen LogP contribution is -2.46. The van der Waals surface area contributed by atoms with Gasteiger partial charge in [-0.25, -0.2) is 19.2 Å². The molecule has 1 aromatic carbocycles. The van der Waals surface area contributed by atoms with Crippen LogP contribution in [-0.4, -0.2) is 66.0 Å². The summed E-state index contributed by atoms with van der Waals surface area (Å²) in [6.07, 6.45) is 2.98. The highest BCUT2D eigenvalue weighted by molar-refractivity contribution is 7.85. The molecule has 0 unspecified atom stereocenters. The van der Waals surface area contributed by atoms with Gasteiger partial charge in [-0.1, -0.05) is 29.8 Å². The average Bonchev–Trinajstić information content (AvgIpc) is 2.72. The fourth-order valence-corrected chi connectivity index (χ4v) is 2.88. The van der Waals surface area contributed by atoms with Crippen LogP contribution < -0.4 is 5.32 Å². The number of ether oxygens (including phenoxy) is 1. The van der Waals surface area contributed by atoms with Crippen molar-refractivity contribution in [2.45, 2.75) is 26.1 Å². The van der Waals surface area contributed by atoms with Gasteiger partial charge in [0.15, 0.2) is 0 Å². The predicted octanol–water partition coefficient (Wildman–Crippen LogP) is 2.70. The van der Waals surface area contributed by atoms with E-state index in [4.69, 9.17) is 9.29 Å². The normalized spacial score (nSPS) is 18.5. The monoisotopic (exact) mass is 454 g/mol. The van der Waals surface area contributed by atoms with Crippen molar-refractivity contribution in [1.29, 1.82) is 0 Å². The van der Waals surface area contributed by atoms with Crippen molar-refractivity contribution in [2.75, 3.05) is 31.2 Å². The van der Waals surface area contributed by atoms with Crippen LogP contribution in [0.4, 0.5) is 15.1 Å². The number of hydrogen-bond donors (Lipinski definition) is 2. The van der Waals surface area contributed by atoms with E-state index in [-0.39, 0.29) is 19.1 Å². The van der Waals surface area contributed by atoms with Crippen LogP contribution in [0.5, 0.6) is 0 Å². The number of aromatic nitrogens is 2. The van der Waals surface area contributed by atoms with Gasteiger partial charge in [0.25, 0.3) is 10.1 Å². The fraction of sp³-hybridized carbons (Fsp3) is 0.450. The summed E-state index contributed by atoms with van der Waals surface area (Å²) < 4.78 is 45.6. The van der Waals surface area contributed by atoms with Crippen LogP contribution >= 0.6 is 0 Å². The molecule has 1 fully saturated rings. The number of likely N-dealkylation sites (tertiary alicyclic amines) is 1. The van der Waals surface area contributed by atoms with Gasteiger partial charge in [0.2, 0.25) is 5.95 Å². The standard InChI is InChI=1S/C19H23FN4O2.CH4O3S/c1-14-3-5-15(6-4-14)13-26-19(25)24-10-7-16(17(20)12-24)11-23-18-21-8-2-9-22-18;1-5(2,3)4/h2-6,8-9,16-17H,7,10-13H2,1H3,(H,21,22,23);1H3,(H,2,3,4)/t16-,17-;/m1./s1. The Morgan fingerprint density at radius 2 is 1.90 bits per heavy atom. The maximum absolute atomic E-state index is 14.4. The predicted molar refractivity (Wildman–Crippen MR) is 114 cm³/mol. The minimum absolute atomic E-state index is 0.0503. The van der Waals surface area contributed by atoms with E-state index in [0.717, 1.165) is 11.1 Å². The lowest BCUT2D eigenvalue weighted by atomic mass is 9.95. The van der Waals surface area contributed by atoms with Gasteiger partial charge in [0, 0.05) is 31.4 Å². The highest BCUT2D eigenvalue weighted by Crippen LogP contribution is 2.22. The first-order valence-corrected chi connectivity index (χ1v) is 11.5. The van der Waals surface area contributed by atoms with E-state index in [9.17, 15) is 17.6 Å². The van der Waals surface area contributed by atoms with E-state index in [1.165, 1.54) is 4.90 Å². The molecule has 0 bridgehead atoms. The van der Waals surface area contributed by atoms with Crippen molar-refractivity contribution < 1.29 is 26.9 Å². The van der Waals surface area contributed by atoms with Gasteiger partial charge in [-0.05, 0) is 25.0 Å². The molecule has 2 aromatic rings. The molecule has 1 saturated heterocycles. The molecule has 1 aliphatic heterocycles. The number of alkyl halides is 1. The van der Waals surface area contributed by atoms with Crippen molar-refractivity contribution in [2.24, 2.45) is 5.92 Å². The third-order valence-corrected chi connectivity index (χ3v) is 4.51. The van der Waals surface area contributed by atoms with Crippen LogP contribution in [0.3, 0.4) is 0 Å². The molecular formula is C20H27FN4O5S. The Kier molecular flexibility index (Phi) is 9.13. The topological polar surface area (TPSA) is 122 Å². The Morgan fingerprint density at radius 3 is 2.48 bits per heavy atom. The molecule has 1 amide bonds. The van der Waals surface area contributed by atoms with E-state index >= 15 is 0 Å². The lowest BCUT2D eigenvalue weighted by molar-refractivity contribution is 0.0544. The number of carbonyl (C=O) groups excluding carboxylic acids is 1. The zero-order chi connectivity index (χ0) is 22.9. The largest absolute Gasteiger partial charge is 0.445 e. The number of hydrogen-bond acceptors (Lipinski definition) is 7. The number of amides is 1. The number of halogens is 1. The number of anilines is 1. The number of aryl methyl sites for hydroxylation is 1. The van der Waals surface area contributed by atoms with Crippen LogP contribution in [0.1, 0.15) is 17.5 Å². The zero-order valence-electron chi connectivity index (χ0n) is 17.4. The molecule has 2 heterocycles. The van der Waals surface area contributed by atoms with Gasteiger partial charge in [-0.2, -0.15) is 8.42 Å². The SMILES string of the molecule is CS(=O)(=O)O.Cc1ccc(COC(=O)N2CC[C@H](CNc3ncccn3)[C@H](F)C2)cc1. The summed E-state index contributed by atoms with van der Waals surface area (Å²) in [7, 11) is -3.67.